The molecule has 9 nitrogen and oxygen atoms in total. The summed E-state index contributed by atoms with van der Waals surface area (Å²) in [5.41, 5.74) is 5.34. The van der Waals surface area contributed by atoms with Gasteiger partial charge in [-0.3, -0.25) is 18.6 Å². The van der Waals surface area contributed by atoms with E-state index in [2.05, 4.69) is 50.3 Å². The molecule has 0 aliphatic carbocycles. The van der Waals surface area contributed by atoms with Gasteiger partial charge in [0, 0.05) is 19.4 Å². The highest BCUT2D eigenvalue weighted by Crippen LogP contribution is 2.43. The molecule has 0 bridgehead atoms. The molecule has 0 aromatic heterocycles. The smallest absolute Gasteiger partial charge is 0.462 e. The largest absolute Gasteiger partial charge is 0.472 e. The first-order valence-electron chi connectivity index (χ1n) is 21.5. The van der Waals surface area contributed by atoms with Crippen LogP contribution in [0.25, 0.3) is 0 Å². The van der Waals surface area contributed by atoms with E-state index in [9.17, 15) is 19.0 Å². The zero-order chi connectivity index (χ0) is 38.9. The van der Waals surface area contributed by atoms with E-state index in [1.807, 2.05) is 0 Å². The first-order chi connectivity index (χ1) is 25.8. The third kappa shape index (κ3) is 39.7. The van der Waals surface area contributed by atoms with Crippen LogP contribution in [0.2, 0.25) is 0 Å². The van der Waals surface area contributed by atoms with E-state index < -0.39 is 26.5 Å². The molecule has 0 rings (SSSR count). The monoisotopic (exact) mass is 770 g/mol. The summed E-state index contributed by atoms with van der Waals surface area (Å²) < 4.78 is 32.7. The van der Waals surface area contributed by atoms with Gasteiger partial charge in [0.1, 0.15) is 6.61 Å². The number of nitrogens with two attached hydrogens (primary N) is 1. The Morgan fingerprint density at radius 3 is 1.49 bits per heavy atom. The molecule has 0 radical (unpaired) electrons. The number of phosphoric ester groups is 1. The van der Waals surface area contributed by atoms with E-state index in [-0.39, 0.29) is 38.6 Å². The van der Waals surface area contributed by atoms with Crippen LogP contribution in [0.15, 0.2) is 36.5 Å². The predicted octanol–water partition coefficient (Wildman–Crippen LogP) is 12.2. The van der Waals surface area contributed by atoms with Crippen molar-refractivity contribution in [2.75, 3.05) is 26.4 Å². The average molecular weight is 770 g/mol. The lowest BCUT2D eigenvalue weighted by Gasteiger charge is -2.19. The fourth-order valence-corrected chi connectivity index (χ4v) is 6.58. The molecule has 0 aromatic carbocycles. The van der Waals surface area contributed by atoms with Crippen molar-refractivity contribution in [1.29, 1.82) is 0 Å². The number of carbonyl (C=O) groups excluding carboxylic acids is 2. The Labute approximate surface area is 324 Å². The first kappa shape index (κ1) is 51.2. The minimum atomic E-state index is -4.38. The predicted molar refractivity (Wildman–Crippen MR) is 220 cm³/mol. The topological polar surface area (TPSA) is 134 Å². The first-order valence-corrected chi connectivity index (χ1v) is 23.0. The maximum atomic E-state index is 12.6. The average Bonchev–Trinajstić information content (AvgIpc) is 3.14. The highest BCUT2D eigenvalue weighted by Gasteiger charge is 2.26. The van der Waals surface area contributed by atoms with Crippen LogP contribution < -0.4 is 5.73 Å². The van der Waals surface area contributed by atoms with Gasteiger partial charge in [-0.2, -0.15) is 0 Å². The number of unbranched alkanes of at least 4 members (excludes halogenated alkanes) is 21. The van der Waals surface area contributed by atoms with E-state index in [4.69, 9.17) is 24.3 Å². The van der Waals surface area contributed by atoms with Crippen molar-refractivity contribution in [2.45, 2.75) is 200 Å². The molecule has 0 heterocycles. The van der Waals surface area contributed by atoms with Gasteiger partial charge in [-0.05, 0) is 51.4 Å². The van der Waals surface area contributed by atoms with E-state index >= 15 is 0 Å². The summed E-state index contributed by atoms with van der Waals surface area (Å²) in [5.74, 6) is -0.849. The standard InChI is InChI=1S/C43H80NO8P/c1-3-5-7-9-11-13-15-17-19-20-22-24-26-28-30-32-34-36-43(46)52-41(40-51-53(47,48)50-38-37-44)39-49-42(45)35-33-31-29-27-25-23-21-18-16-14-12-10-8-6-4-2/h11,13,17,19,22,24,41H,3-10,12,14-16,18,20-21,23,25-40,44H2,1-2H3,(H,47,48)/b13-11-,19-17-,24-22+/t41-/m1/s1. The number of phosphoric acid groups is 1. The van der Waals surface area contributed by atoms with E-state index in [1.54, 1.807) is 0 Å². The highest BCUT2D eigenvalue weighted by molar-refractivity contribution is 7.47. The molecule has 0 saturated carbocycles. The number of rotatable bonds is 40. The summed E-state index contributed by atoms with van der Waals surface area (Å²) in [6.45, 7) is 3.69. The van der Waals surface area contributed by atoms with Crippen LogP contribution in [-0.2, 0) is 32.7 Å². The Morgan fingerprint density at radius 1 is 0.566 bits per heavy atom. The van der Waals surface area contributed by atoms with Crippen LogP contribution in [0.5, 0.6) is 0 Å². The fraction of sp³-hybridized carbons (Fsp3) is 0.814. The van der Waals surface area contributed by atoms with Crippen LogP contribution in [-0.4, -0.2) is 49.3 Å². The van der Waals surface area contributed by atoms with Crippen LogP contribution in [0.4, 0.5) is 0 Å². The molecule has 2 atom stereocenters. The zero-order valence-electron chi connectivity index (χ0n) is 34.0. The van der Waals surface area contributed by atoms with Gasteiger partial charge in [0.15, 0.2) is 6.10 Å². The maximum absolute atomic E-state index is 12.6. The summed E-state index contributed by atoms with van der Waals surface area (Å²) in [6.07, 6.45) is 43.1. The van der Waals surface area contributed by atoms with Crippen molar-refractivity contribution < 1.29 is 37.6 Å². The molecular formula is C43H80NO8P. The molecule has 0 aliphatic heterocycles. The van der Waals surface area contributed by atoms with E-state index in [1.165, 1.54) is 103 Å². The Morgan fingerprint density at radius 2 is 0.981 bits per heavy atom. The quantitative estimate of drug-likeness (QED) is 0.0270. The molecule has 0 fully saturated rings. The van der Waals surface area contributed by atoms with Gasteiger partial charge in [-0.25, -0.2) is 4.57 Å². The molecule has 0 aliphatic rings. The van der Waals surface area contributed by atoms with E-state index in [0.29, 0.717) is 6.42 Å². The van der Waals surface area contributed by atoms with Crippen molar-refractivity contribution in [2.24, 2.45) is 5.73 Å². The molecular weight excluding hydrogens is 689 g/mol. The summed E-state index contributed by atoms with van der Waals surface area (Å²) in [6, 6.07) is 0. The lowest BCUT2D eigenvalue weighted by Crippen LogP contribution is -2.29. The van der Waals surface area contributed by atoms with Crippen molar-refractivity contribution in [3.8, 4) is 0 Å². The number of esters is 2. The molecule has 0 spiro atoms. The third-order valence-corrected chi connectivity index (χ3v) is 10.0. The Balaban J connectivity index is 4.20. The second-order valence-corrected chi connectivity index (χ2v) is 15.7. The normalized spacial score (nSPS) is 13.7. The summed E-state index contributed by atoms with van der Waals surface area (Å²) in [5, 5.41) is 0. The van der Waals surface area contributed by atoms with Crippen molar-refractivity contribution >= 4 is 19.8 Å². The van der Waals surface area contributed by atoms with Crippen LogP contribution in [0.1, 0.15) is 194 Å². The highest BCUT2D eigenvalue weighted by atomic mass is 31.2. The maximum Gasteiger partial charge on any atom is 0.472 e. The van der Waals surface area contributed by atoms with Gasteiger partial charge in [0.05, 0.1) is 13.2 Å². The zero-order valence-corrected chi connectivity index (χ0v) is 34.9. The van der Waals surface area contributed by atoms with Crippen LogP contribution >= 0.6 is 7.82 Å². The number of carbonyl (C=O) groups is 2. The minimum Gasteiger partial charge on any atom is -0.462 e. The minimum absolute atomic E-state index is 0.0498. The Bertz CT molecular complexity index is 970. The van der Waals surface area contributed by atoms with Crippen LogP contribution in [0, 0.1) is 0 Å². The van der Waals surface area contributed by atoms with Crippen molar-refractivity contribution in [3.63, 3.8) is 0 Å². The molecule has 1 unspecified atom stereocenters. The van der Waals surface area contributed by atoms with Gasteiger partial charge in [-0.15, -0.1) is 0 Å². The number of ether oxygens (including phenoxy) is 2. The summed E-state index contributed by atoms with van der Waals surface area (Å²) in [4.78, 5) is 34.8. The molecule has 0 saturated heterocycles. The van der Waals surface area contributed by atoms with E-state index in [0.717, 1.165) is 57.8 Å². The number of hydrogen-bond acceptors (Lipinski definition) is 8. The number of hydrogen-bond donors (Lipinski definition) is 2. The molecule has 53 heavy (non-hydrogen) atoms. The Hall–Kier alpha value is -1.77. The van der Waals surface area contributed by atoms with Crippen LogP contribution in [0.3, 0.4) is 0 Å². The van der Waals surface area contributed by atoms with Crippen molar-refractivity contribution in [3.05, 3.63) is 36.5 Å². The lowest BCUT2D eigenvalue weighted by atomic mass is 10.0. The molecule has 0 aromatic rings. The molecule has 3 N–H and O–H groups in total. The third-order valence-electron chi connectivity index (χ3n) is 9.03. The SMILES string of the molecule is CCCCC/C=C\C/C=C\C/C=C/CCCCCCC(=O)O[C@H](COC(=O)CCCCCCCCCCCCCCCCC)COP(=O)(O)OCCN. The van der Waals surface area contributed by atoms with Crippen molar-refractivity contribution in [1.82, 2.24) is 0 Å². The number of allylic oxidation sites excluding steroid dienone is 6. The molecule has 310 valence electrons. The van der Waals surface area contributed by atoms with Gasteiger partial charge in [-0.1, -0.05) is 166 Å². The Kier molecular flexibility index (Phi) is 38.6. The summed E-state index contributed by atoms with van der Waals surface area (Å²) >= 11 is 0. The second-order valence-electron chi connectivity index (χ2n) is 14.2. The lowest BCUT2D eigenvalue weighted by molar-refractivity contribution is -0.161. The van der Waals surface area contributed by atoms with Gasteiger partial charge >= 0.3 is 19.8 Å². The van der Waals surface area contributed by atoms with Gasteiger partial charge in [0.2, 0.25) is 0 Å². The second kappa shape index (κ2) is 39.9. The van der Waals surface area contributed by atoms with Gasteiger partial charge in [0.25, 0.3) is 0 Å². The molecule has 10 heteroatoms. The summed E-state index contributed by atoms with van der Waals surface area (Å²) in [7, 11) is -4.38. The van der Waals surface area contributed by atoms with Gasteiger partial charge < -0.3 is 20.1 Å². The fourth-order valence-electron chi connectivity index (χ4n) is 5.82. The molecule has 0 amide bonds.